The van der Waals surface area contributed by atoms with Gasteiger partial charge in [0.25, 0.3) is 0 Å². The molecule has 0 saturated carbocycles. The van der Waals surface area contributed by atoms with E-state index < -0.39 is 0 Å². The molecular weight excluding hydrogens is 268 g/mol. The van der Waals surface area contributed by atoms with Gasteiger partial charge in [0.05, 0.1) is 7.11 Å². The van der Waals surface area contributed by atoms with E-state index in [1.165, 1.54) is 41.2 Å². The summed E-state index contributed by atoms with van der Waals surface area (Å²) in [6.45, 7) is 0. The summed E-state index contributed by atoms with van der Waals surface area (Å²) in [7, 11) is 1.71. The molecule has 0 bridgehead atoms. The molecule has 0 fully saturated rings. The van der Waals surface area contributed by atoms with Crippen molar-refractivity contribution in [2.24, 2.45) is 0 Å². The number of hydrogen-bond donors (Lipinski definition) is 0. The molecule has 22 heavy (non-hydrogen) atoms. The van der Waals surface area contributed by atoms with Crippen molar-refractivity contribution < 1.29 is 4.74 Å². The average molecular weight is 290 g/mol. The Labute approximate surface area is 132 Å². The standard InChI is InChI=1S/C21H22O/c1-22-21-14-13-19-15-18(11-12-20(19)16-21)10-6-5-9-17-7-3-2-4-8-17/h2-4,7-8,11-16H,5-6,9-10H2,1H3. The van der Waals surface area contributed by atoms with Crippen LogP contribution in [0.2, 0.25) is 0 Å². The van der Waals surface area contributed by atoms with Gasteiger partial charge in [-0.2, -0.15) is 0 Å². The van der Waals surface area contributed by atoms with Gasteiger partial charge in [-0.15, -0.1) is 0 Å². The fourth-order valence-electron chi connectivity index (χ4n) is 2.86. The Kier molecular flexibility index (Phi) is 4.75. The lowest BCUT2D eigenvalue weighted by atomic mass is 10.0. The quantitative estimate of drug-likeness (QED) is 0.551. The van der Waals surface area contributed by atoms with Gasteiger partial charge in [-0.1, -0.05) is 54.6 Å². The van der Waals surface area contributed by atoms with Gasteiger partial charge >= 0.3 is 0 Å². The number of fused-ring (bicyclic) bond motifs is 1. The van der Waals surface area contributed by atoms with E-state index in [0.717, 1.165) is 12.2 Å². The van der Waals surface area contributed by atoms with E-state index >= 15 is 0 Å². The molecule has 1 nitrogen and oxygen atoms in total. The van der Waals surface area contributed by atoms with Crippen LogP contribution < -0.4 is 4.74 Å². The minimum atomic E-state index is 0.920. The van der Waals surface area contributed by atoms with Gasteiger partial charge in [-0.25, -0.2) is 0 Å². The van der Waals surface area contributed by atoms with Gasteiger partial charge in [-0.3, -0.25) is 0 Å². The van der Waals surface area contributed by atoms with Crippen molar-refractivity contribution in [1.29, 1.82) is 0 Å². The van der Waals surface area contributed by atoms with Crippen molar-refractivity contribution in [3.63, 3.8) is 0 Å². The third kappa shape index (κ3) is 3.67. The highest BCUT2D eigenvalue weighted by Gasteiger charge is 2.00. The Hall–Kier alpha value is -2.28. The van der Waals surface area contributed by atoms with Crippen LogP contribution in [-0.4, -0.2) is 7.11 Å². The number of aryl methyl sites for hydroxylation is 2. The van der Waals surface area contributed by atoms with Gasteiger partial charge < -0.3 is 4.74 Å². The molecule has 0 heterocycles. The molecule has 112 valence electrons. The first kappa shape index (κ1) is 14.6. The lowest BCUT2D eigenvalue weighted by Crippen LogP contribution is -1.90. The van der Waals surface area contributed by atoms with Crippen LogP contribution in [0.4, 0.5) is 0 Å². The van der Waals surface area contributed by atoms with Crippen LogP contribution in [0.25, 0.3) is 10.8 Å². The predicted octanol–water partition coefficient (Wildman–Crippen LogP) is 5.41. The van der Waals surface area contributed by atoms with Gasteiger partial charge in [-0.05, 0) is 59.7 Å². The van der Waals surface area contributed by atoms with Crippen LogP contribution in [0.5, 0.6) is 5.75 Å². The molecule has 0 spiro atoms. The third-order valence-electron chi connectivity index (χ3n) is 4.14. The highest BCUT2D eigenvalue weighted by molar-refractivity contribution is 5.84. The zero-order chi connectivity index (χ0) is 15.2. The van der Waals surface area contributed by atoms with E-state index in [-0.39, 0.29) is 0 Å². The summed E-state index contributed by atoms with van der Waals surface area (Å²) >= 11 is 0. The topological polar surface area (TPSA) is 9.23 Å². The number of methoxy groups -OCH3 is 1. The van der Waals surface area contributed by atoms with Crippen LogP contribution in [0, 0.1) is 0 Å². The van der Waals surface area contributed by atoms with Crippen LogP contribution in [0.15, 0.2) is 66.7 Å². The summed E-state index contributed by atoms with van der Waals surface area (Å²) in [6, 6.07) is 23.7. The van der Waals surface area contributed by atoms with Gasteiger partial charge in [0, 0.05) is 0 Å². The molecule has 0 aliphatic rings. The molecule has 0 radical (unpaired) electrons. The molecular formula is C21H22O. The first-order valence-corrected chi connectivity index (χ1v) is 7.96. The van der Waals surface area contributed by atoms with Crippen molar-refractivity contribution in [2.75, 3.05) is 7.11 Å². The third-order valence-corrected chi connectivity index (χ3v) is 4.14. The van der Waals surface area contributed by atoms with E-state index in [9.17, 15) is 0 Å². The molecule has 3 aromatic rings. The Morgan fingerprint density at radius 3 is 2.14 bits per heavy atom. The minimum Gasteiger partial charge on any atom is -0.497 e. The van der Waals surface area contributed by atoms with Crippen molar-refractivity contribution in [3.8, 4) is 5.75 Å². The van der Waals surface area contributed by atoms with E-state index in [0.29, 0.717) is 0 Å². The minimum absolute atomic E-state index is 0.920. The zero-order valence-electron chi connectivity index (χ0n) is 13.1. The van der Waals surface area contributed by atoms with E-state index in [4.69, 9.17) is 4.74 Å². The zero-order valence-corrected chi connectivity index (χ0v) is 13.1. The maximum absolute atomic E-state index is 5.27. The Bertz CT molecular complexity index is 731. The largest absolute Gasteiger partial charge is 0.497 e. The molecule has 0 aliphatic heterocycles. The van der Waals surface area contributed by atoms with Crippen molar-refractivity contribution in [1.82, 2.24) is 0 Å². The summed E-state index contributed by atoms with van der Waals surface area (Å²) in [4.78, 5) is 0. The second-order valence-electron chi connectivity index (χ2n) is 5.74. The Morgan fingerprint density at radius 1 is 0.682 bits per heavy atom. The first-order valence-electron chi connectivity index (χ1n) is 7.96. The summed E-state index contributed by atoms with van der Waals surface area (Å²) in [5.74, 6) is 0.920. The van der Waals surface area contributed by atoms with E-state index in [1.54, 1.807) is 7.11 Å². The first-order chi connectivity index (χ1) is 10.8. The molecule has 0 aromatic heterocycles. The summed E-state index contributed by atoms with van der Waals surface area (Å²) in [5, 5.41) is 2.54. The fourth-order valence-corrected chi connectivity index (χ4v) is 2.86. The number of rotatable bonds is 6. The predicted molar refractivity (Wildman–Crippen MR) is 93.6 cm³/mol. The normalized spacial score (nSPS) is 10.8. The highest BCUT2D eigenvalue weighted by atomic mass is 16.5. The lowest BCUT2D eigenvalue weighted by molar-refractivity contribution is 0.415. The molecule has 3 aromatic carbocycles. The second kappa shape index (κ2) is 7.13. The lowest BCUT2D eigenvalue weighted by Gasteiger charge is -2.06. The molecule has 0 atom stereocenters. The molecule has 0 N–H and O–H groups in total. The molecule has 0 amide bonds. The number of hydrogen-bond acceptors (Lipinski definition) is 1. The molecule has 0 aliphatic carbocycles. The monoisotopic (exact) mass is 290 g/mol. The van der Waals surface area contributed by atoms with E-state index in [2.05, 4.69) is 60.7 Å². The maximum atomic E-state index is 5.27. The van der Waals surface area contributed by atoms with Crippen molar-refractivity contribution in [3.05, 3.63) is 77.9 Å². The van der Waals surface area contributed by atoms with Gasteiger partial charge in [0.15, 0.2) is 0 Å². The number of benzene rings is 3. The summed E-state index contributed by atoms with van der Waals surface area (Å²) in [6.07, 6.45) is 4.79. The Balaban J connectivity index is 1.57. The van der Waals surface area contributed by atoms with Crippen molar-refractivity contribution in [2.45, 2.75) is 25.7 Å². The van der Waals surface area contributed by atoms with Gasteiger partial charge in [0.2, 0.25) is 0 Å². The number of ether oxygens (including phenoxy) is 1. The SMILES string of the molecule is COc1ccc2cc(CCCCc3ccccc3)ccc2c1. The fraction of sp³-hybridized carbons (Fsp3) is 0.238. The molecule has 0 saturated heterocycles. The van der Waals surface area contributed by atoms with Crippen LogP contribution in [-0.2, 0) is 12.8 Å². The van der Waals surface area contributed by atoms with Crippen molar-refractivity contribution >= 4 is 10.8 Å². The highest BCUT2D eigenvalue weighted by Crippen LogP contribution is 2.22. The summed E-state index contributed by atoms with van der Waals surface area (Å²) < 4.78 is 5.27. The van der Waals surface area contributed by atoms with Crippen LogP contribution in [0.1, 0.15) is 24.0 Å². The smallest absolute Gasteiger partial charge is 0.119 e. The van der Waals surface area contributed by atoms with Gasteiger partial charge in [0.1, 0.15) is 5.75 Å². The molecule has 3 rings (SSSR count). The molecule has 0 unspecified atom stereocenters. The maximum Gasteiger partial charge on any atom is 0.119 e. The molecule has 1 heteroatoms. The van der Waals surface area contributed by atoms with Crippen LogP contribution >= 0.6 is 0 Å². The van der Waals surface area contributed by atoms with E-state index in [1.807, 2.05) is 6.07 Å². The van der Waals surface area contributed by atoms with Crippen LogP contribution in [0.3, 0.4) is 0 Å². The number of unbranched alkanes of at least 4 members (excludes halogenated alkanes) is 1. The second-order valence-corrected chi connectivity index (χ2v) is 5.74. The average Bonchev–Trinajstić information content (AvgIpc) is 2.59. The Morgan fingerprint density at radius 2 is 1.36 bits per heavy atom. The summed E-state index contributed by atoms with van der Waals surface area (Å²) in [5.41, 5.74) is 2.86.